The lowest BCUT2D eigenvalue weighted by Crippen LogP contribution is -2.41. The van der Waals surface area contributed by atoms with Crippen molar-refractivity contribution >= 4 is 28.6 Å². The minimum Gasteiger partial charge on any atom is -0.297 e. The number of benzene rings is 1. The molecule has 0 bridgehead atoms. The first-order valence-electron chi connectivity index (χ1n) is 7.99. The molecule has 20 heavy (non-hydrogen) atoms. The van der Waals surface area contributed by atoms with E-state index >= 15 is 0 Å². The van der Waals surface area contributed by atoms with E-state index in [-0.39, 0.29) is 5.66 Å². The molecule has 4 rings (SSSR count). The number of fused-ring (bicyclic) bond motifs is 2. The van der Waals surface area contributed by atoms with Crippen molar-refractivity contribution in [3.05, 3.63) is 27.8 Å². The fourth-order valence-electron chi connectivity index (χ4n) is 4.32. The van der Waals surface area contributed by atoms with E-state index in [0.29, 0.717) is 0 Å². The van der Waals surface area contributed by atoms with Crippen molar-refractivity contribution in [2.24, 2.45) is 0 Å². The van der Waals surface area contributed by atoms with Gasteiger partial charge in [-0.25, -0.2) is 0 Å². The summed E-state index contributed by atoms with van der Waals surface area (Å²) in [5.41, 5.74) is 10.2. The van der Waals surface area contributed by atoms with Crippen LogP contribution < -0.4 is 8.43 Å². The van der Waals surface area contributed by atoms with Gasteiger partial charge in [-0.2, -0.15) is 0 Å². The first-order chi connectivity index (χ1) is 9.68. The van der Waals surface area contributed by atoms with Crippen molar-refractivity contribution in [2.75, 3.05) is 10.2 Å². The van der Waals surface area contributed by atoms with Crippen LogP contribution in [-0.2, 0) is 25.7 Å². The molecule has 0 amide bonds. The van der Waals surface area contributed by atoms with Crippen LogP contribution in [-0.4, -0.2) is 12.7 Å². The average molecular weight is 382 g/mol. The highest BCUT2D eigenvalue weighted by Gasteiger charge is 2.48. The molecule has 3 aliphatic carbocycles. The standard InChI is InChI=1S/C17H23IN2/c1-11-12-5-3-7-14(12)16(15-8-4-6-13(11)15)20(18)17(19-2)9-10-17/h19H,3-10H2,1-2H3. The second-order valence-corrected chi connectivity index (χ2v) is 7.62. The Morgan fingerprint density at radius 3 is 1.90 bits per heavy atom. The predicted octanol–water partition coefficient (Wildman–Crippen LogP) is 3.84. The largest absolute Gasteiger partial charge is 0.297 e. The van der Waals surface area contributed by atoms with Crippen LogP contribution in [0.25, 0.3) is 0 Å². The van der Waals surface area contributed by atoms with Crippen LogP contribution in [0.5, 0.6) is 0 Å². The fraction of sp³-hybridized carbons (Fsp3) is 0.647. The third-order valence-electron chi connectivity index (χ3n) is 5.67. The topological polar surface area (TPSA) is 15.3 Å². The van der Waals surface area contributed by atoms with E-state index in [1.165, 1.54) is 51.4 Å². The Kier molecular flexibility index (Phi) is 3.08. The van der Waals surface area contributed by atoms with Gasteiger partial charge in [-0.3, -0.25) is 8.43 Å². The van der Waals surface area contributed by atoms with Gasteiger partial charge in [0.15, 0.2) is 0 Å². The summed E-state index contributed by atoms with van der Waals surface area (Å²) in [4.78, 5) is 0. The Morgan fingerprint density at radius 1 is 0.950 bits per heavy atom. The van der Waals surface area contributed by atoms with Crippen molar-refractivity contribution in [3.63, 3.8) is 0 Å². The molecule has 108 valence electrons. The summed E-state index contributed by atoms with van der Waals surface area (Å²) < 4.78 is 2.57. The maximum atomic E-state index is 3.57. The molecule has 0 spiro atoms. The maximum Gasteiger partial charge on any atom is 0.100 e. The zero-order valence-corrected chi connectivity index (χ0v) is 14.6. The molecule has 1 N–H and O–H groups in total. The molecule has 0 unspecified atom stereocenters. The molecular weight excluding hydrogens is 359 g/mol. The Morgan fingerprint density at radius 2 is 1.45 bits per heavy atom. The molecule has 1 aromatic rings. The number of anilines is 1. The summed E-state index contributed by atoms with van der Waals surface area (Å²) in [6, 6.07) is 0. The van der Waals surface area contributed by atoms with Gasteiger partial charge in [0.1, 0.15) is 5.66 Å². The van der Waals surface area contributed by atoms with E-state index in [1.54, 1.807) is 33.5 Å². The van der Waals surface area contributed by atoms with E-state index in [4.69, 9.17) is 0 Å². The molecule has 3 heteroatoms. The lowest BCUT2D eigenvalue weighted by Gasteiger charge is -2.32. The number of hydrogen-bond acceptors (Lipinski definition) is 2. The summed E-state index contributed by atoms with van der Waals surface area (Å²) in [5.74, 6) is 0. The van der Waals surface area contributed by atoms with Gasteiger partial charge in [0.05, 0.1) is 28.6 Å². The number of halogens is 1. The van der Waals surface area contributed by atoms with Crippen LogP contribution in [0.1, 0.15) is 53.5 Å². The van der Waals surface area contributed by atoms with E-state index in [2.05, 4.69) is 45.3 Å². The van der Waals surface area contributed by atoms with Gasteiger partial charge in [0, 0.05) is 0 Å². The molecule has 1 saturated carbocycles. The average Bonchev–Trinajstić information content (AvgIpc) is 2.88. The van der Waals surface area contributed by atoms with Gasteiger partial charge >= 0.3 is 0 Å². The first-order valence-corrected chi connectivity index (χ1v) is 8.95. The highest BCUT2D eigenvalue weighted by molar-refractivity contribution is 14.1. The smallest absolute Gasteiger partial charge is 0.100 e. The molecule has 0 atom stereocenters. The molecule has 2 nitrogen and oxygen atoms in total. The Hall–Kier alpha value is -0.290. The molecule has 0 radical (unpaired) electrons. The first kappa shape index (κ1) is 13.4. The summed E-state index contributed by atoms with van der Waals surface area (Å²) in [6.45, 7) is 2.38. The van der Waals surface area contributed by atoms with Crippen molar-refractivity contribution in [3.8, 4) is 0 Å². The van der Waals surface area contributed by atoms with Gasteiger partial charge in [-0.15, -0.1) is 0 Å². The number of nitrogens with zero attached hydrogens (tertiary/aromatic N) is 1. The zero-order valence-electron chi connectivity index (χ0n) is 12.5. The van der Waals surface area contributed by atoms with Crippen LogP contribution >= 0.6 is 22.9 Å². The normalized spacial score (nSPS) is 21.8. The minimum atomic E-state index is 0.239. The second-order valence-electron chi connectivity index (χ2n) is 6.66. The van der Waals surface area contributed by atoms with E-state index in [9.17, 15) is 0 Å². The maximum absolute atomic E-state index is 3.57. The molecule has 1 fully saturated rings. The van der Waals surface area contributed by atoms with Crippen LogP contribution in [0.15, 0.2) is 0 Å². The molecule has 3 aliphatic rings. The fourth-order valence-corrected chi connectivity index (χ4v) is 5.62. The van der Waals surface area contributed by atoms with Gasteiger partial charge in [0.2, 0.25) is 0 Å². The van der Waals surface area contributed by atoms with E-state index < -0.39 is 0 Å². The molecule has 0 saturated heterocycles. The van der Waals surface area contributed by atoms with Crippen LogP contribution in [0.3, 0.4) is 0 Å². The Labute approximate surface area is 135 Å². The lowest BCUT2D eigenvalue weighted by molar-refractivity contribution is 0.593. The van der Waals surface area contributed by atoms with Crippen LogP contribution in [0.2, 0.25) is 0 Å². The Bertz CT molecular complexity index is 540. The van der Waals surface area contributed by atoms with Gasteiger partial charge in [-0.1, -0.05) is 0 Å². The number of hydrogen-bond donors (Lipinski definition) is 1. The van der Waals surface area contributed by atoms with Crippen LogP contribution in [0.4, 0.5) is 5.69 Å². The zero-order chi connectivity index (χ0) is 13.9. The highest BCUT2D eigenvalue weighted by Crippen LogP contribution is 2.50. The predicted molar refractivity (Wildman–Crippen MR) is 92.8 cm³/mol. The van der Waals surface area contributed by atoms with Gasteiger partial charge < -0.3 is 0 Å². The van der Waals surface area contributed by atoms with E-state index in [1.807, 2.05) is 0 Å². The van der Waals surface area contributed by atoms with Crippen molar-refractivity contribution in [1.82, 2.24) is 5.32 Å². The number of nitrogens with one attached hydrogen (secondary N) is 1. The summed E-state index contributed by atoms with van der Waals surface area (Å²) in [6.07, 6.45) is 10.5. The van der Waals surface area contributed by atoms with Crippen molar-refractivity contribution in [1.29, 1.82) is 0 Å². The summed E-state index contributed by atoms with van der Waals surface area (Å²) in [5, 5.41) is 3.57. The molecule has 0 heterocycles. The minimum absolute atomic E-state index is 0.239. The van der Waals surface area contributed by atoms with Gasteiger partial charge in [0.25, 0.3) is 0 Å². The molecule has 0 aliphatic heterocycles. The summed E-state index contributed by atoms with van der Waals surface area (Å²) in [7, 11) is 2.12. The highest BCUT2D eigenvalue weighted by atomic mass is 127. The third kappa shape index (κ3) is 1.71. The molecule has 0 aromatic heterocycles. The SMILES string of the molecule is CNC1(N(I)c2c3c(c(C)c4c2CCC4)CCC3)CC1. The lowest BCUT2D eigenvalue weighted by atomic mass is 9.93. The van der Waals surface area contributed by atoms with Gasteiger partial charge in [-0.05, 0) is 93.2 Å². The quantitative estimate of drug-likeness (QED) is 0.486. The molecular formula is C17H23IN2. The monoisotopic (exact) mass is 382 g/mol. The molecule has 1 aromatic carbocycles. The third-order valence-corrected chi connectivity index (χ3v) is 7.08. The van der Waals surface area contributed by atoms with Crippen molar-refractivity contribution < 1.29 is 0 Å². The van der Waals surface area contributed by atoms with Crippen molar-refractivity contribution in [2.45, 2.75) is 64.0 Å². The summed E-state index contributed by atoms with van der Waals surface area (Å²) >= 11 is 2.58. The van der Waals surface area contributed by atoms with Crippen LogP contribution in [0, 0.1) is 6.92 Å². The Balaban J connectivity index is 1.91. The number of rotatable bonds is 3. The van der Waals surface area contributed by atoms with E-state index in [0.717, 1.165) is 0 Å². The second kappa shape index (κ2) is 4.60.